The van der Waals surface area contributed by atoms with Gasteiger partial charge in [-0.25, -0.2) is 13.6 Å². The minimum atomic E-state index is -0.818. The smallest absolute Gasteiger partial charge is 0.315 e. The van der Waals surface area contributed by atoms with Crippen LogP contribution in [0.5, 0.6) is 5.75 Å². The van der Waals surface area contributed by atoms with Gasteiger partial charge in [0.2, 0.25) is 5.91 Å². The van der Waals surface area contributed by atoms with Crippen molar-refractivity contribution < 1.29 is 23.1 Å². The van der Waals surface area contributed by atoms with Crippen molar-refractivity contribution in [1.29, 1.82) is 0 Å². The number of halogens is 2. The molecule has 0 radical (unpaired) electrons. The minimum absolute atomic E-state index is 0.103. The van der Waals surface area contributed by atoms with E-state index >= 15 is 0 Å². The first-order valence-electron chi connectivity index (χ1n) is 7.13. The number of carbonyl (C=O) groups is 2. The molecule has 3 amide bonds. The Morgan fingerprint density at radius 1 is 1.26 bits per heavy atom. The Morgan fingerprint density at radius 2 is 1.96 bits per heavy atom. The van der Waals surface area contributed by atoms with Gasteiger partial charge >= 0.3 is 6.03 Å². The van der Waals surface area contributed by atoms with Crippen LogP contribution in [0, 0.1) is 5.82 Å². The molecule has 0 saturated heterocycles. The number of benzene rings is 1. The van der Waals surface area contributed by atoms with E-state index in [1.54, 1.807) is 13.0 Å². The lowest BCUT2D eigenvalue weighted by Gasteiger charge is -2.18. The molecule has 0 aliphatic rings. The van der Waals surface area contributed by atoms with Crippen molar-refractivity contribution in [3.05, 3.63) is 29.6 Å². The quantitative estimate of drug-likeness (QED) is 0.712. The van der Waals surface area contributed by atoms with E-state index in [0.717, 1.165) is 0 Å². The third-order valence-corrected chi connectivity index (χ3v) is 3.16. The number of amides is 3. The van der Waals surface area contributed by atoms with E-state index in [4.69, 9.17) is 4.74 Å². The lowest BCUT2D eigenvalue weighted by Crippen LogP contribution is -2.49. The highest BCUT2D eigenvalue weighted by atomic mass is 19.1. The molecule has 0 saturated carbocycles. The Hall–Kier alpha value is -2.38. The summed E-state index contributed by atoms with van der Waals surface area (Å²) in [6, 6.07) is 2.48. The van der Waals surface area contributed by atoms with Crippen LogP contribution in [-0.2, 0) is 4.79 Å². The van der Waals surface area contributed by atoms with Gasteiger partial charge in [0.05, 0.1) is 13.2 Å². The molecule has 1 aromatic rings. The molecular weight excluding hydrogens is 308 g/mol. The molecule has 1 rings (SSSR count). The Kier molecular flexibility index (Phi) is 7.24. The molecule has 0 aliphatic carbocycles. The number of carbonyl (C=O) groups excluding carboxylic acids is 2. The summed E-state index contributed by atoms with van der Waals surface area (Å²) in [7, 11) is 1.36. The lowest BCUT2D eigenvalue weighted by molar-refractivity contribution is -0.122. The van der Waals surface area contributed by atoms with Gasteiger partial charge in [0.1, 0.15) is 12.7 Å². The monoisotopic (exact) mass is 329 g/mol. The third kappa shape index (κ3) is 5.72. The Labute approximate surface area is 133 Å². The Bertz CT molecular complexity index is 555. The second kappa shape index (κ2) is 8.92. The molecule has 0 aromatic heterocycles. The van der Waals surface area contributed by atoms with E-state index in [2.05, 4.69) is 16.0 Å². The second-order valence-corrected chi connectivity index (χ2v) is 4.94. The van der Waals surface area contributed by atoms with Gasteiger partial charge in [0.15, 0.2) is 11.6 Å². The molecule has 0 bridgehead atoms. The maximum atomic E-state index is 13.6. The third-order valence-electron chi connectivity index (χ3n) is 3.16. The van der Waals surface area contributed by atoms with Crippen molar-refractivity contribution in [2.45, 2.75) is 25.9 Å². The van der Waals surface area contributed by atoms with E-state index in [9.17, 15) is 18.4 Å². The van der Waals surface area contributed by atoms with Crippen LogP contribution in [0.2, 0.25) is 0 Å². The van der Waals surface area contributed by atoms with Gasteiger partial charge in [-0.3, -0.25) is 4.79 Å². The van der Waals surface area contributed by atoms with Crippen LogP contribution in [0.1, 0.15) is 25.5 Å². The van der Waals surface area contributed by atoms with Crippen molar-refractivity contribution >= 4 is 11.9 Å². The number of hydrogen-bond donors (Lipinski definition) is 3. The minimum Gasteiger partial charge on any atom is -0.494 e. The zero-order valence-electron chi connectivity index (χ0n) is 13.3. The fourth-order valence-corrected chi connectivity index (χ4v) is 1.86. The standard InChI is InChI=1S/C15H21F2N3O3/c1-9(11-4-5-13(23-3)12(17)8-11)19-15(22)20-10(2)14(21)18-7-6-16/h4-5,8-10H,6-7H2,1-3H3,(H,18,21)(H2,19,20,22)/t9-,10-/m0/s1. The van der Waals surface area contributed by atoms with E-state index < -0.39 is 36.5 Å². The molecular formula is C15H21F2N3O3. The topological polar surface area (TPSA) is 79.5 Å². The first-order chi connectivity index (χ1) is 10.9. The van der Waals surface area contributed by atoms with E-state index in [1.165, 1.54) is 26.2 Å². The summed E-state index contributed by atoms with van der Waals surface area (Å²) in [6.45, 7) is 2.37. The van der Waals surface area contributed by atoms with Gasteiger partial charge in [-0.1, -0.05) is 6.07 Å². The first-order valence-corrected chi connectivity index (χ1v) is 7.13. The predicted molar refractivity (Wildman–Crippen MR) is 81.5 cm³/mol. The molecule has 8 heteroatoms. The number of ether oxygens (including phenoxy) is 1. The normalized spacial score (nSPS) is 12.9. The van der Waals surface area contributed by atoms with E-state index in [1.807, 2.05) is 0 Å². The average molecular weight is 329 g/mol. The highest BCUT2D eigenvalue weighted by molar-refractivity contribution is 5.86. The number of methoxy groups -OCH3 is 1. The predicted octanol–water partition coefficient (Wildman–Crippen LogP) is 1.67. The SMILES string of the molecule is COc1ccc([C@H](C)NC(=O)N[C@@H](C)C(=O)NCCF)cc1F. The van der Waals surface area contributed by atoms with Crippen LogP contribution in [0.3, 0.4) is 0 Å². The number of nitrogens with one attached hydrogen (secondary N) is 3. The summed E-state index contributed by atoms with van der Waals surface area (Å²) in [5.74, 6) is -0.900. The average Bonchev–Trinajstić information content (AvgIpc) is 2.52. The Balaban J connectivity index is 2.56. The van der Waals surface area contributed by atoms with Crippen LogP contribution >= 0.6 is 0 Å². The summed E-state index contributed by atoms with van der Waals surface area (Å²) < 4.78 is 30.4. The lowest BCUT2D eigenvalue weighted by atomic mass is 10.1. The van der Waals surface area contributed by atoms with Gasteiger partial charge < -0.3 is 20.7 Å². The van der Waals surface area contributed by atoms with Crippen LogP contribution in [-0.4, -0.2) is 38.3 Å². The summed E-state index contributed by atoms with van der Waals surface area (Å²) in [5.41, 5.74) is 0.549. The number of urea groups is 1. The van der Waals surface area contributed by atoms with Crippen molar-refractivity contribution in [3.63, 3.8) is 0 Å². The Morgan fingerprint density at radius 3 is 2.52 bits per heavy atom. The zero-order chi connectivity index (χ0) is 17.4. The van der Waals surface area contributed by atoms with Gasteiger partial charge in [-0.05, 0) is 31.5 Å². The molecule has 128 valence electrons. The maximum absolute atomic E-state index is 13.6. The van der Waals surface area contributed by atoms with Gasteiger partial charge in [-0.2, -0.15) is 0 Å². The number of alkyl halides is 1. The van der Waals surface area contributed by atoms with Crippen LogP contribution in [0.4, 0.5) is 13.6 Å². The number of rotatable bonds is 7. The largest absolute Gasteiger partial charge is 0.494 e. The van der Waals surface area contributed by atoms with E-state index in [-0.39, 0.29) is 12.3 Å². The fraction of sp³-hybridized carbons (Fsp3) is 0.467. The van der Waals surface area contributed by atoms with Crippen molar-refractivity contribution in [3.8, 4) is 5.75 Å². The number of hydrogen-bond acceptors (Lipinski definition) is 3. The summed E-state index contributed by atoms with van der Waals surface area (Å²) in [5, 5.41) is 7.34. The summed E-state index contributed by atoms with van der Waals surface area (Å²) in [6.07, 6.45) is 0. The molecule has 23 heavy (non-hydrogen) atoms. The maximum Gasteiger partial charge on any atom is 0.315 e. The highest BCUT2D eigenvalue weighted by Gasteiger charge is 2.17. The zero-order valence-corrected chi connectivity index (χ0v) is 13.3. The highest BCUT2D eigenvalue weighted by Crippen LogP contribution is 2.21. The van der Waals surface area contributed by atoms with Gasteiger partial charge in [-0.15, -0.1) is 0 Å². The fourth-order valence-electron chi connectivity index (χ4n) is 1.86. The molecule has 1 aromatic carbocycles. The molecule has 2 atom stereocenters. The van der Waals surface area contributed by atoms with Crippen LogP contribution in [0.15, 0.2) is 18.2 Å². The summed E-state index contributed by atoms with van der Waals surface area (Å²) in [4.78, 5) is 23.4. The molecule has 0 spiro atoms. The molecule has 3 N–H and O–H groups in total. The second-order valence-electron chi connectivity index (χ2n) is 4.94. The van der Waals surface area contributed by atoms with Crippen molar-refractivity contribution in [2.75, 3.05) is 20.3 Å². The molecule has 6 nitrogen and oxygen atoms in total. The van der Waals surface area contributed by atoms with Crippen molar-refractivity contribution in [2.24, 2.45) is 0 Å². The molecule has 0 unspecified atom stereocenters. The van der Waals surface area contributed by atoms with Crippen LogP contribution < -0.4 is 20.7 Å². The molecule has 0 fully saturated rings. The van der Waals surface area contributed by atoms with E-state index in [0.29, 0.717) is 5.56 Å². The molecule has 0 aliphatic heterocycles. The van der Waals surface area contributed by atoms with Crippen molar-refractivity contribution in [1.82, 2.24) is 16.0 Å². The van der Waals surface area contributed by atoms with Gasteiger partial charge in [0, 0.05) is 6.54 Å². The van der Waals surface area contributed by atoms with Crippen LogP contribution in [0.25, 0.3) is 0 Å². The molecule has 0 heterocycles. The first kappa shape index (κ1) is 18.7. The summed E-state index contributed by atoms with van der Waals surface area (Å²) >= 11 is 0. The van der Waals surface area contributed by atoms with Gasteiger partial charge in [0.25, 0.3) is 0 Å².